The van der Waals surface area contributed by atoms with Crippen molar-refractivity contribution in [2.45, 2.75) is 82.1 Å². The normalized spacial score (nSPS) is 24.0. The molecule has 3 aliphatic rings. The smallest absolute Gasteiger partial charge is 0.388 e. The van der Waals surface area contributed by atoms with E-state index in [1.54, 1.807) is 16.9 Å². The minimum Gasteiger partial charge on any atom is -0.388 e. The summed E-state index contributed by atoms with van der Waals surface area (Å²) in [7, 11) is 0. The van der Waals surface area contributed by atoms with Crippen LogP contribution in [0.2, 0.25) is 0 Å². The summed E-state index contributed by atoms with van der Waals surface area (Å²) in [6.07, 6.45) is 3.47. The van der Waals surface area contributed by atoms with Crippen molar-refractivity contribution in [2.24, 2.45) is 0 Å². The molecule has 40 heavy (non-hydrogen) atoms. The number of ether oxygens (including phenoxy) is 1. The zero-order valence-corrected chi connectivity index (χ0v) is 23.9. The summed E-state index contributed by atoms with van der Waals surface area (Å²) in [6, 6.07) is 1.60. The molecule has 2 aromatic heterocycles. The topological polar surface area (TPSA) is 79.5 Å². The Hall–Kier alpha value is -2.57. The molecule has 1 N–H and O–H groups in total. The molecule has 3 aliphatic heterocycles. The van der Waals surface area contributed by atoms with Crippen molar-refractivity contribution < 1.29 is 23.0 Å². The second-order valence-corrected chi connectivity index (χ2v) is 12.2. The highest BCUT2D eigenvalue weighted by atomic mass is 32.2. The maximum Gasteiger partial charge on any atom is 0.418 e. The highest BCUT2D eigenvalue weighted by Crippen LogP contribution is 2.45. The molecule has 1 aromatic carbocycles. The maximum absolute atomic E-state index is 14.6. The number of anilines is 2. The molecule has 0 amide bonds. The van der Waals surface area contributed by atoms with E-state index in [2.05, 4.69) is 10.00 Å². The van der Waals surface area contributed by atoms with Gasteiger partial charge in [-0.2, -0.15) is 18.3 Å². The lowest BCUT2D eigenvalue weighted by Gasteiger charge is -2.40. The molecule has 0 bridgehead atoms. The summed E-state index contributed by atoms with van der Waals surface area (Å²) >= 11 is 1.41. The van der Waals surface area contributed by atoms with E-state index >= 15 is 0 Å². The molecule has 2 fully saturated rings. The minimum absolute atomic E-state index is 0.155. The number of hydrogen-bond acceptors (Lipinski definition) is 8. The summed E-state index contributed by atoms with van der Waals surface area (Å²) in [5.74, 6) is 0.793. The van der Waals surface area contributed by atoms with Crippen LogP contribution < -0.4 is 9.80 Å². The molecule has 0 spiro atoms. The second-order valence-electron chi connectivity index (χ2n) is 11.4. The first-order valence-corrected chi connectivity index (χ1v) is 15.1. The van der Waals surface area contributed by atoms with Gasteiger partial charge in [0.15, 0.2) is 11.4 Å². The largest absolute Gasteiger partial charge is 0.418 e. The van der Waals surface area contributed by atoms with Crippen LogP contribution in [-0.2, 0) is 23.9 Å². The van der Waals surface area contributed by atoms with Gasteiger partial charge in [0, 0.05) is 37.2 Å². The van der Waals surface area contributed by atoms with E-state index in [0.29, 0.717) is 42.2 Å². The van der Waals surface area contributed by atoms with Crippen LogP contribution in [0, 0.1) is 6.92 Å². The first-order chi connectivity index (χ1) is 19.1. The summed E-state index contributed by atoms with van der Waals surface area (Å²) in [6.45, 7) is 5.84. The predicted molar refractivity (Wildman–Crippen MR) is 149 cm³/mol. The van der Waals surface area contributed by atoms with Crippen LogP contribution >= 0.6 is 11.8 Å². The van der Waals surface area contributed by atoms with Crippen molar-refractivity contribution in [3.8, 4) is 0 Å². The molecule has 6 rings (SSSR count). The summed E-state index contributed by atoms with van der Waals surface area (Å²) in [5.41, 5.74) is 1.23. The van der Waals surface area contributed by atoms with Crippen molar-refractivity contribution in [1.82, 2.24) is 19.7 Å². The Kier molecular flexibility index (Phi) is 7.15. The Labute approximate surface area is 235 Å². The van der Waals surface area contributed by atoms with Crippen molar-refractivity contribution in [2.75, 3.05) is 42.3 Å². The monoisotopic (exact) mass is 576 g/mol. The molecule has 3 aromatic rings. The molecular weight excluding hydrogens is 541 g/mol. The van der Waals surface area contributed by atoms with Gasteiger partial charge in [-0.3, -0.25) is 0 Å². The van der Waals surface area contributed by atoms with E-state index in [-0.39, 0.29) is 24.0 Å². The minimum atomic E-state index is -4.53. The van der Waals surface area contributed by atoms with E-state index in [4.69, 9.17) is 14.7 Å². The zero-order chi connectivity index (χ0) is 28.2. The van der Waals surface area contributed by atoms with Crippen molar-refractivity contribution in [3.63, 3.8) is 0 Å². The molecule has 5 heterocycles. The third kappa shape index (κ3) is 5.02. The summed E-state index contributed by atoms with van der Waals surface area (Å²) < 4.78 is 51.5. The lowest BCUT2D eigenvalue weighted by Crippen LogP contribution is -2.47. The number of halogens is 3. The van der Waals surface area contributed by atoms with Gasteiger partial charge < -0.3 is 19.6 Å². The van der Waals surface area contributed by atoms with E-state index in [1.165, 1.54) is 18.7 Å². The fourth-order valence-corrected chi connectivity index (χ4v) is 6.84. The quantitative estimate of drug-likeness (QED) is 0.323. The van der Waals surface area contributed by atoms with Gasteiger partial charge in [-0.15, -0.1) is 0 Å². The van der Waals surface area contributed by atoms with Gasteiger partial charge in [0.25, 0.3) is 0 Å². The Morgan fingerprint density at radius 3 is 2.67 bits per heavy atom. The average Bonchev–Trinajstić information content (AvgIpc) is 3.34. The second kappa shape index (κ2) is 10.4. The molecule has 1 unspecified atom stereocenters. The Bertz CT molecular complexity index is 1420. The van der Waals surface area contributed by atoms with Gasteiger partial charge >= 0.3 is 6.18 Å². The van der Waals surface area contributed by atoms with Gasteiger partial charge in [0.2, 0.25) is 0 Å². The third-order valence-corrected chi connectivity index (χ3v) is 8.83. The average molecular weight is 577 g/mol. The Morgan fingerprint density at radius 2 is 1.98 bits per heavy atom. The number of alkyl halides is 3. The standard InChI is InChI=1S/C28H35F3N6O2S/c1-17-13-21-19(14-32-37(21)22-7-4-5-12-39-22)24(23(17)28(29,30)31)35-11-8-18-20(15-35)33-26(40-3)34-25(18)36-10-6-9-27(2,38)16-36/h13-14,22,38H,4-12,15-16H2,1-3H3/t22?,27-/m1/s1. The van der Waals surface area contributed by atoms with Crippen molar-refractivity contribution >= 4 is 34.2 Å². The molecular formula is C28H35F3N6O2S. The van der Waals surface area contributed by atoms with Gasteiger partial charge in [0.1, 0.15) is 5.82 Å². The molecule has 2 saturated heterocycles. The summed E-state index contributed by atoms with van der Waals surface area (Å²) in [4.78, 5) is 13.5. The third-order valence-electron chi connectivity index (χ3n) is 8.28. The molecule has 0 aliphatic carbocycles. The van der Waals surface area contributed by atoms with E-state index in [1.807, 2.05) is 18.1 Å². The Morgan fingerprint density at radius 1 is 1.15 bits per heavy atom. The maximum atomic E-state index is 14.6. The number of fused-ring (bicyclic) bond motifs is 2. The van der Waals surface area contributed by atoms with Crippen LogP contribution in [0.4, 0.5) is 24.7 Å². The van der Waals surface area contributed by atoms with Crippen LogP contribution in [-0.4, -0.2) is 63.0 Å². The number of benzene rings is 1. The van der Waals surface area contributed by atoms with Gasteiger partial charge in [-0.1, -0.05) is 11.8 Å². The molecule has 0 saturated carbocycles. The number of hydrogen-bond donors (Lipinski definition) is 1. The number of nitrogens with zero attached hydrogens (tertiary/aromatic N) is 6. The van der Waals surface area contributed by atoms with Crippen molar-refractivity contribution in [3.05, 3.63) is 34.6 Å². The van der Waals surface area contributed by atoms with Crippen LogP contribution in [0.15, 0.2) is 17.4 Å². The van der Waals surface area contributed by atoms with E-state index < -0.39 is 17.3 Å². The van der Waals surface area contributed by atoms with Gasteiger partial charge in [-0.25, -0.2) is 14.6 Å². The molecule has 216 valence electrons. The van der Waals surface area contributed by atoms with E-state index in [9.17, 15) is 18.3 Å². The molecule has 2 atom stereocenters. The van der Waals surface area contributed by atoms with Crippen LogP contribution in [0.25, 0.3) is 10.9 Å². The Balaban J connectivity index is 1.44. The fourth-order valence-electron chi connectivity index (χ4n) is 6.46. The van der Waals surface area contributed by atoms with Crippen molar-refractivity contribution in [1.29, 1.82) is 0 Å². The van der Waals surface area contributed by atoms with Crippen LogP contribution in [0.3, 0.4) is 0 Å². The zero-order valence-electron chi connectivity index (χ0n) is 23.1. The number of thioether (sulfide) groups is 1. The lowest BCUT2D eigenvalue weighted by molar-refractivity contribution is -0.137. The lowest BCUT2D eigenvalue weighted by atomic mass is 9.94. The predicted octanol–water partition coefficient (Wildman–Crippen LogP) is 5.49. The SMILES string of the molecule is CSc1nc2c(c(N3CCC[C@@](C)(O)C3)n1)CCN(c1c(C(F)(F)F)c(C)cc3c1cnn3C1CCCCO1)C2. The number of β-amino-alcohol motifs (C(OH)–C–C–N with tert-alkyl or cyclic N) is 1. The number of rotatable bonds is 4. The van der Waals surface area contributed by atoms with Crippen LogP contribution in [0.5, 0.6) is 0 Å². The molecule has 8 nitrogen and oxygen atoms in total. The van der Waals surface area contributed by atoms with Gasteiger partial charge in [-0.05, 0) is 70.3 Å². The first-order valence-electron chi connectivity index (χ1n) is 13.9. The number of piperidine rings is 1. The van der Waals surface area contributed by atoms with Gasteiger partial charge in [0.05, 0.1) is 40.8 Å². The molecule has 0 radical (unpaired) electrons. The highest BCUT2D eigenvalue weighted by molar-refractivity contribution is 7.98. The first kappa shape index (κ1) is 27.6. The number of aromatic nitrogens is 4. The number of aryl methyl sites for hydroxylation is 1. The van der Waals surface area contributed by atoms with Crippen LogP contribution in [0.1, 0.15) is 67.6 Å². The highest BCUT2D eigenvalue weighted by Gasteiger charge is 2.40. The number of aliphatic hydroxyl groups is 1. The summed E-state index contributed by atoms with van der Waals surface area (Å²) in [5, 5.41) is 16.3. The molecule has 12 heteroatoms. The van der Waals surface area contributed by atoms with E-state index in [0.717, 1.165) is 55.7 Å². The fraction of sp³-hybridized carbons (Fsp3) is 0.607.